The van der Waals surface area contributed by atoms with Crippen molar-refractivity contribution < 1.29 is 14.6 Å². The molecule has 0 unspecified atom stereocenters. The lowest BCUT2D eigenvalue weighted by Crippen LogP contribution is -2.22. The number of hydrazone groups is 1. The normalized spacial score (nSPS) is 11.2. The van der Waals surface area contributed by atoms with Crippen molar-refractivity contribution in [2.45, 2.75) is 0 Å². The van der Waals surface area contributed by atoms with Crippen LogP contribution in [0.15, 0.2) is 65.8 Å². The van der Waals surface area contributed by atoms with Gasteiger partial charge in [0.2, 0.25) is 5.78 Å². The number of nitrogens with zero attached hydrogens (tertiary/aromatic N) is 1. The summed E-state index contributed by atoms with van der Waals surface area (Å²) in [6, 6.07) is 18.2. The molecule has 0 aliphatic heterocycles. The third-order valence-electron chi connectivity index (χ3n) is 2.87. The molecular weight excluding hydrogens is 280 g/mol. The quantitative estimate of drug-likeness (QED) is 0.340. The highest BCUT2D eigenvalue weighted by Gasteiger charge is 2.14. The van der Waals surface area contributed by atoms with E-state index in [1.807, 2.05) is 36.4 Å². The second-order valence-electron chi connectivity index (χ2n) is 4.51. The lowest BCUT2D eigenvalue weighted by molar-refractivity contribution is 0.101. The molecular formula is C17H18N2O3. The van der Waals surface area contributed by atoms with Gasteiger partial charge in [-0.1, -0.05) is 48.5 Å². The number of Topliss-reactive ketones (excluding diaryl/α,β-unsaturated/α-hetero) is 1. The first-order chi connectivity index (χ1) is 10.8. The molecule has 2 aromatic carbocycles. The number of carbonyl (C=O) groups excluding carboxylic acids is 1. The van der Waals surface area contributed by atoms with Gasteiger partial charge in [0, 0.05) is 5.56 Å². The Hall–Kier alpha value is -2.50. The van der Waals surface area contributed by atoms with E-state index in [2.05, 4.69) is 10.5 Å². The minimum absolute atomic E-state index is 0.0358. The molecule has 0 saturated heterocycles. The fourth-order valence-electron chi connectivity index (χ4n) is 1.78. The highest BCUT2D eigenvalue weighted by molar-refractivity contribution is 6.46. The molecule has 5 heteroatoms. The molecule has 0 spiro atoms. The number of carbonyl (C=O) groups is 1. The van der Waals surface area contributed by atoms with Crippen molar-refractivity contribution in [1.82, 2.24) is 0 Å². The monoisotopic (exact) mass is 298 g/mol. The Morgan fingerprint density at radius 2 is 1.68 bits per heavy atom. The first-order valence-electron chi connectivity index (χ1n) is 6.97. The van der Waals surface area contributed by atoms with E-state index in [1.165, 1.54) is 0 Å². The smallest absolute Gasteiger partial charge is 0.211 e. The fourth-order valence-corrected chi connectivity index (χ4v) is 1.78. The molecule has 0 heterocycles. The molecule has 114 valence electrons. The number of hydrogen-bond donors (Lipinski definition) is 2. The lowest BCUT2D eigenvalue weighted by Gasteiger charge is -2.08. The zero-order chi connectivity index (χ0) is 15.6. The van der Waals surface area contributed by atoms with Crippen LogP contribution in [0.2, 0.25) is 0 Å². The van der Waals surface area contributed by atoms with E-state index >= 15 is 0 Å². The summed E-state index contributed by atoms with van der Waals surface area (Å²) in [7, 11) is 0. The number of para-hydroxylation sites is 1. The Labute approximate surface area is 129 Å². The Balaban J connectivity index is 2.13. The van der Waals surface area contributed by atoms with Crippen LogP contribution in [0.5, 0.6) is 0 Å². The van der Waals surface area contributed by atoms with Gasteiger partial charge in [0.15, 0.2) is 0 Å². The molecule has 0 aromatic heterocycles. The molecule has 2 N–H and O–H groups in total. The van der Waals surface area contributed by atoms with Crippen molar-refractivity contribution in [3.63, 3.8) is 0 Å². The molecule has 2 aromatic rings. The van der Waals surface area contributed by atoms with Gasteiger partial charge in [0.1, 0.15) is 5.71 Å². The van der Waals surface area contributed by atoms with Crippen LogP contribution in [0.4, 0.5) is 5.69 Å². The standard InChI is InChI=1S/C17H18N2O3/c20-11-12-22-13-16(17(21)14-7-3-1-4-8-14)19-18-15-9-5-2-6-10-15/h1-10,18,20H,11-13H2/b19-16+. The van der Waals surface area contributed by atoms with Crippen molar-refractivity contribution in [2.24, 2.45) is 5.10 Å². The van der Waals surface area contributed by atoms with E-state index in [0.29, 0.717) is 5.56 Å². The molecule has 0 saturated carbocycles. The summed E-state index contributed by atoms with van der Waals surface area (Å²) in [5.41, 5.74) is 4.43. The number of ketones is 1. The molecule has 0 aliphatic rings. The highest BCUT2D eigenvalue weighted by Crippen LogP contribution is 2.07. The van der Waals surface area contributed by atoms with Crippen molar-refractivity contribution >= 4 is 17.2 Å². The van der Waals surface area contributed by atoms with Crippen LogP contribution >= 0.6 is 0 Å². The van der Waals surface area contributed by atoms with Gasteiger partial charge in [-0.05, 0) is 12.1 Å². The number of rotatable bonds is 8. The number of hydrogen-bond acceptors (Lipinski definition) is 5. The zero-order valence-corrected chi connectivity index (χ0v) is 12.1. The zero-order valence-electron chi connectivity index (χ0n) is 12.1. The van der Waals surface area contributed by atoms with Crippen LogP contribution in [0.25, 0.3) is 0 Å². The number of nitrogens with one attached hydrogen (secondary N) is 1. The summed E-state index contributed by atoms with van der Waals surface area (Å²) in [6.07, 6.45) is 0. The second-order valence-corrected chi connectivity index (χ2v) is 4.51. The topological polar surface area (TPSA) is 70.9 Å². The number of aliphatic hydroxyl groups is 1. The Morgan fingerprint density at radius 3 is 2.32 bits per heavy atom. The van der Waals surface area contributed by atoms with Gasteiger partial charge in [-0.3, -0.25) is 10.2 Å². The van der Waals surface area contributed by atoms with Crippen molar-refractivity contribution in [1.29, 1.82) is 0 Å². The van der Waals surface area contributed by atoms with E-state index in [9.17, 15) is 4.79 Å². The first-order valence-corrected chi connectivity index (χ1v) is 6.97. The van der Waals surface area contributed by atoms with E-state index in [1.54, 1.807) is 24.3 Å². The molecule has 0 atom stereocenters. The van der Waals surface area contributed by atoms with Crippen LogP contribution in [0.3, 0.4) is 0 Å². The summed E-state index contributed by atoms with van der Waals surface area (Å²) in [6.45, 7) is 0.0967. The van der Waals surface area contributed by atoms with Crippen LogP contribution in [-0.4, -0.2) is 36.4 Å². The van der Waals surface area contributed by atoms with Crippen LogP contribution in [0.1, 0.15) is 10.4 Å². The largest absolute Gasteiger partial charge is 0.394 e. The number of benzene rings is 2. The molecule has 0 amide bonds. The maximum atomic E-state index is 12.4. The predicted molar refractivity (Wildman–Crippen MR) is 86.2 cm³/mol. The second kappa shape index (κ2) is 8.71. The van der Waals surface area contributed by atoms with Gasteiger partial charge in [0.05, 0.1) is 25.5 Å². The van der Waals surface area contributed by atoms with Crippen molar-refractivity contribution in [3.05, 3.63) is 66.2 Å². The summed E-state index contributed by atoms with van der Waals surface area (Å²) in [4.78, 5) is 12.4. The predicted octanol–water partition coefficient (Wildman–Crippen LogP) is 2.35. The van der Waals surface area contributed by atoms with E-state index < -0.39 is 0 Å². The van der Waals surface area contributed by atoms with E-state index in [4.69, 9.17) is 9.84 Å². The number of anilines is 1. The summed E-state index contributed by atoms with van der Waals surface area (Å²) in [5.74, 6) is -0.207. The summed E-state index contributed by atoms with van der Waals surface area (Å²) in [5, 5.41) is 12.9. The summed E-state index contributed by atoms with van der Waals surface area (Å²) >= 11 is 0. The first kappa shape index (κ1) is 15.9. The van der Waals surface area contributed by atoms with Gasteiger partial charge in [-0.15, -0.1) is 0 Å². The molecule has 0 radical (unpaired) electrons. The number of ether oxygens (including phenoxy) is 1. The fraction of sp³-hybridized carbons (Fsp3) is 0.176. The maximum absolute atomic E-state index is 12.4. The Kier molecular flexibility index (Phi) is 6.29. The highest BCUT2D eigenvalue weighted by atomic mass is 16.5. The summed E-state index contributed by atoms with van der Waals surface area (Å²) < 4.78 is 5.23. The van der Waals surface area contributed by atoms with Gasteiger partial charge in [-0.2, -0.15) is 5.10 Å². The van der Waals surface area contributed by atoms with E-state index in [0.717, 1.165) is 5.69 Å². The molecule has 5 nitrogen and oxygen atoms in total. The van der Waals surface area contributed by atoms with Crippen LogP contribution in [0, 0.1) is 0 Å². The Bertz CT molecular complexity index is 612. The molecule has 0 bridgehead atoms. The van der Waals surface area contributed by atoms with E-state index in [-0.39, 0.29) is 31.3 Å². The number of aliphatic hydroxyl groups excluding tert-OH is 1. The van der Waals surface area contributed by atoms with Gasteiger partial charge < -0.3 is 9.84 Å². The minimum atomic E-state index is -0.207. The van der Waals surface area contributed by atoms with Crippen LogP contribution in [-0.2, 0) is 4.74 Å². The molecule has 0 aliphatic carbocycles. The van der Waals surface area contributed by atoms with Crippen molar-refractivity contribution in [2.75, 3.05) is 25.2 Å². The third kappa shape index (κ3) is 4.80. The average Bonchev–Trinajstić information content (AvgIpc) is 2.59. The minimum Gasteiger partial charge on any atom is -0.394 e. The molecule has 2 rings (SSSR count). The third-order valence-corrected chi connectivity index (χ3v) is 2.87. The van der Waals surface area contributed by atoms with Gasteiger partial charge in [0.25, 0.3) is 0 Å². The maximum Gasteiger partial charge on any atom is 0.211 e. The molecule has 22 heavy (non-hydrogen) atoms. The Morgan fingerprint density at radius 1 is 1.05 bits per heavy atom. The van der Waals surface area contributed by atoms with Gasteiger partial charge in [-0.25, -0.2) is 0 Å². The van der Waals surface area contributed by atoms with Crippen LogP contribution < -0.4 is 5.43 Å². The molecule has 0 fully saturated rings. The average molecular weight is 298 g/mol. The lowest BCUT2D eigenvalue weighted by atomic mass is 10.1. The van der Waals surface area contributed by atoms with Gasteiger partial charge >= 0.3 is 0 Å². The SMILES string of the molecule is O=C(/C(COCCO)=N/Nc1ccccc1)c1ccccc1. The van der Waals surface area contributed by atoms with Crippen molar-refractivity contribution in [3.8, 4) is 0 Å².